The van der Waals surface area contributed by atoms with E-state index in [9.17, 15) is 0 Å². The first-order valence-corrected chi connectivity index (χ1v) is 6.91. The van der Waals surface area contributed by atoms with Crippen LogP contribution >= 0.6 is 0 Å². The molecule has 20 heavy (non-hydrogen) atoms. The third-order valence-electron chi connectivity index (χ3n) is 3.32. The number of fused-ring (bicyclic) bond motifs is 1. The van der Waals surface area contributed by atoms with Crippen molar-refractivity contribution < 1.29 is 9.47 Å². The zero-order valence-electron chi connectivity index (χ0n) is 11.9. The van der Waals surface area contributed by atoms with Gasteiger partial charge in [0.1, 0.15) is 13.2 Å². The number of rotatable bonds is 3. The summed E-state index contributed by atoms with van der Waals surface area (Å²) in [5.41, 5.74) is 4.93. The molecule has 0 amide bonds. The van der Waals surface area contributed by atoms with Crippen LogP contribution in [0.25, 0.3) is 0 Å². The van der Waals surface area contributed by atoms with Gasteiger partial charge in [-0.3, -0.25) is 0 Å². The first-order valence-electron chi connectivity index (χ1n) is 6.91. The van der Waals surface area contributed by atoms with E-state index in [-0.39, 0.29) is 0 Å². The Morgan fingerprint density at radius 2 is 1.60 bits per heavy atom. The van der Waals surface area contributed by atoms with Crippen LogP contribution < -0.4 is 14.8 Å². The number of hydrogen-bond acceptors (Lipinski definition) is 3. The quantitative estimate of drug-likeness (QED) is 0.922. The lowest BCUT2D eigenvalue weighted by atomic mass is 10.1. The van der Waals surface area contributed by atoms with Crippen molar-refractivity contribution in [2.75, 3.05) is 18.5 Å². The summed E-state index contributed by atoms with van der Waals surface area (Å²) < 4.78 is 11.1. The molecule has 2 aromatic carbocycles. The van der Waals surface area contributed by atoms with Crippen LogP contribution in [0.15, 0.2) is 36.4 Å². The maximum absolute atomic E-state index is 5.59. The van der Waals surface area contributed by atoms with Crippen molar-refractivity contribution in [2.24, 2.45) is 0 Å². The topological polar surface area (TPSA) is 30.5 Å². The Bertz CT molecular complexity index is 602. The molecule has 0 radical (unpaired) electrons. The summed E-state index contributed by atoms with van der Waals surface area (Å²) in [6.07, 6.45) is 0. The van der Waals surface area contributed by atoms with E-state index >= 15 is 0 Å². The Morgan fingerprint density at radius 1 is 0.900 bits per heavy atom. The normalized spacial score (nSPS) is 13.1. The molecule has 0 fully saturated rings. The van der Waals surface area contributed by atoms with Crippen molar-refractivity contribution >= 4 is 5.69 Å². The minimum atomic E-state index is 0.619. The van der Waals surface area contributed by atoms with Gasteiger partial charge in [-0.1, -0.05) is 29.3 Å². The molecule has 0 bridgehead atoms. The summed E-state index contributed by atoms with van der Waals surface area (Å²) in [6.45, 7) is 6.30. The predicted molar refractivity (Wildman–Crippen MR) is 80.7 cm³/mol. The van der Waals surface area contributed by atoms with Gasteiger partial charge < -0.3 is 14.8 Å². The highest BCUT2D eigenvalue weighted by molar-refractivity contribution is 5.55. The van der Waals surface area contributed by atoms with Crippen LogP contribution in [0.1, 0.15) is 16.7 Å². The van der Waals surface area contributed by atoms with Gasteiger partial charge in [-0.15, -0.1) is 0 Å². The first-order chi connectivity index (χ1) is 9.70. The van der Waals surface area contributed by atoms with Gasteiger partial charge in [0, 0.05) is 18.3 Å². The lowest BCUT2D eigenvalue weighted by Crippen LogP contribution is -2.15. The summed E-state index contributed by atoms with van der Waals surface area (Å²) >= 11 is 0. The van der Waals surface area contributed by atoms with Gasteiger partial charge >= 0.3 is 0 Å². The van der Waals surface area contributed by atoms with Crippen LogP contribution in [-0.2, 0) is 6.54 Å². The molecule has 0 aliphatic carbocycles. The van der Waals surface area contributed by atoms with Crippen molar-refractivity contribution in [2.45, 2.75) is 20.4 Å². The predicted octanol–water partition coefficient (Wildman–Crippen LogP) is 3.69. The first kappa shape index (κ1) is 12.9. The summed E-state index contributed by atoms with van der Waals surface area (Å²) in [6, 6.07) is 12.6. The van der Waals surface area contributed by atoms with Crippen LogP contribution in [0.4, 0.5) is 5.69 Å². The molecule has 1 aliphatic heterocycles. The summed E-state index contributed by atoms with van der Waals surface area (Å²) in [5, 5.41) is 3.43. The van der Waals surface area contributed by atoms with Gasteiger partial charge in [-0.2, -0.15) is 0 Å². The zero-order chi connectivity index (χ0) is 13.9. The van der Waals surface area contributed by atoms with Crippen molar-refractivity contribution in [3.05, 3.63) is 53.1 Å². The summed E-state index contributed by atoms with van der Waals surface area (Å²) in [7, 11) is 0. The standard InChI is InChI=1S/C17H19NO2/c1-12-7-13(2)9-14(8-12)11-18-15-3-4-16-17(10-15)20-6-5-19-16/h3-4,7-10,18H,5-6,11H2,1-2H3. The summed E-state index contributed by atoms with van der Waals surface area (Å²) in [5.74, 6) is 1.65. The minimum Gasteiger partial charge on any atom is -0.486 e. The van der Waals surface area contributed by atoms with Crippen molar-refractivity contribution in [3.63, 3.8) is 0 Å². The lowest BCUT2D eigenvalue weighted by molar-refractivity contribution is 0.171. The minimum absolute atomic E-state index is 0.619. The van der Waals surface area contributed by atoms with E-state index in [0.29, 0.717) is 13.2 Å². The Labute approximate surface area is 119 Å². The second kappa shape index (κ2) is 5.45. The van der Waals surface area contributed by atoms with Crippen LogP contribution in [0.5, 0.6) is 11.5 Å². The second-order valence-corrected chi connectivity index (χ2v) is 5.21. The van der Waals surface area contributed by atoms with Crippen molar-refractivity contribution in [3.8, 4) is 11.5 Å². The van der Waals surface area contributed by atoms with Gasteiger partial charge in [-0.05, 0) is 31.5 Å². The molecule has 0 saturated carbocycles. The van der Waals surface area contributed by atoms with E-state index in [4.69, 9.17) is 9.47 Å². The molecule has 0 aromatic heterocycles. The Balaban J connectivity index is 1.71. The molecule has 2 aromatic rings. The Kier molecular flexibility index (Phi) is 3.50. The van der Waals surface area contributed by atoms with Crippen LogP contribution in [0.3, 0.4) is 0 Å². The maximum Gasteiger partial charge on any atom is 0.163 e. The fourth-order valence-electron chi connectivity index (χ4n) is 2.53. The SMILES string of the molecule is Cc1cc(C)cc(CNc2ccc3c(c2)OCCO3)c1. The van der Waals surface area contributed by atoms with E-state index in [2.05, 4.69) is 37.4 Å². The van der Waals surface area contributed by atoms with Gasteiger partial charge in [-0.25, -0.2) is 0 Å². The molecule has 1 heterocycles. The number of benzene rings is 2. The van der Waals surface area contributed by atoms with Gasteiger partial charge in [0.2, 0.25) is 0 Å². The number of hydrogen-bond donors (Lipinski definition) is 1. The Hall–Kier alpha value is -2.16. The van der Waals surface area contributed by atoms with Gasteiger partial charge in [0.25, 0.3) is 0 Å². The van der Waals surface area contributed by atoms with E-state index in [1.807, 2.05) is 18.2 Å². The second-order valence-electron chi connectivity index (χ2n) is 5.21. The van der Waals surface area contributed by atoms with E-state index < -0.39 is 0 Å². The smallest absolute Gasteiger partial charge is 0.163 e. The average Bonchev–Trinajstić information content (AvgIpc) is 2.44. The molecule has 1 N–H and O–H groups in total. The molecule has 3 heteroatoms. The van der Waals surface area contributed by atoms with Crippen LogP contribution in [0.2, 0.25) is 0 Å². The van der Waals surface area contributed by atoms with Gasteiger partial charge in [0.05, 0.1) is 0 Å². The van der Waals surface area contributed by atoms with E-state index in [1.54, 1.807) is 0 Å². The molecule has 0 spiro atoms. The number of aryl methyl sites for hydroxylation is 2. The fourth-order valence-corrected chi connectivity index (χ4v) is 2.53. The molecule has 3 nitrogen and oxygen atoms in total. The van der Waals surface area contributed by atoms with Crippen molar-refractivity contribution in [1.29, 1.82) is 0 Å². The molecule has 3 rings (SSSR count). The third-order valence-corrected chi connectivity index (χ3v) is 3.32. The largest absolute Gasteiger partial charge is 0.486 e. The number of anilines is 1. The molecule has 0 atom stereocenters. The van der Waals surface area contributed by atoms with E-state index in [0.717, 1.165) is 23.7 Å². The van der Waals surface area contributed by atoms with Crippen LogP contribution in [0, 0.1) is 13.8 Å². The number of ether oxygens (including phenoxy) is 2. The molecule has 0 saturated heterocycles. The molecule has 104 valence electrons. The van der Waals surface area contributed by atoms with Crippen LogP contribution in [-0.4, -0.2) is 13.2 Å². The highest BCUT2D eigenvalue weighted by Gasteiger charge is 2.11. The third kappa shape index (κ3) is 2.87. The highest BCUT2D eigenvalue weighted by atomic mass is 16.6. The maximum atomic E-state index is 5.59. The fraction of sp³-hybridized carbons (Fsp3) is 0.294. The zero-order valence-corrected chi connectivity index (χ0v) is 11.9. The monoisotopic (exact) mass is 269 g/mol. The highest BCUT2D eigenvalue weighted by Crippen LogP contribution is 2.32. The van der Waals surface area contributed by atoms with Crippen molar-refractivity contribution in [1.82, 2.24) is 0 Å². The summed E-state index contributed by atoms with van der Waals surface area (Å²) in [4.78, 5) is 0. The van der Waals surface area contributed by atoms with E-state index in [1.165, 1.54) is 16.7 Å². The average molecular weight is 269 g/mol. The molecule has 1 aliphatic rings. The molecular weight excluding hydrogens is 250 g/mol. The molecule has 0 unspecified atom stereocenters. The number of nitrogens with one attached hydrogen (secondary N) is 1. The Morgan fingerprint density at radius 3 is 2.35 bits per heavy atom. The molecular formula is C17H19NO2. The van der Waals surface area contributed by atoms with Gasteiger partial charge in [0.15, 0.2) is 11.5 Å². The lowest BCUT2D eigenvalue weighted by Gasteiger charge is -2.19.